The predicted molar refractivity (Wildman–Crippen MR) is 75.0 cm³/mol. The number of hydrogen-bond donors (Lipinski definition) is 0. The highest BCUT2D eigenvalue weighted by atomic mass is 16.5. The molecular weight excluding hydrogens is 236 g/mol. The van der Waals surface area contributed by atoms with Crippen LogP contribution >= 0.6 is 0 Å². The van der Waals surface area contributed by atoms with Gasteiger partial charge in [0.2, 0.25) is 0 Å². The van der Waals surface area contributed by atoms with E-state index in [1.807, 2.05) is 12.4 Å². The molecule has 0 bridgehead atoms. The lowest BCUT2D eigenvalue weighted by Crippen LogP contribution is -2.16. The number of nitrogens with zero attached hydrogens (tertiary/aromatic N) is 2. The van der Waals surface area contributed by atoms with Gasteiger partial charge in [0, 0.05) is 37.1 Å². The first-order valence-electron chi connectivity index (χ1n) is 6.79. The lowest BCUT2D eigenvalue weighted by atomic mass is 9.99. The van der Waals surface area contributed by atoms with Crippen molar-refractivity contribution in [2.75, 3.05) is 13.2 Å². The van der Waals surface area contributed by atoms with Gasteiger partial charge < -0.3 is 4.74 Å². The van der Waals surface area contributed by atoms with Crippen LogP contribution in [0.4, 0.5) is 0 Å². The second kappa shape index (κ2) is 5.49. The van der Waals surface area contributed by atoms with Crippen LogP contribution in [-0.4, -0.2) is 23.2 Å². The summed E-state index contributed by atoms with van der Waals surface area (Å²) < 4.78 is 5.37. The van der Waals surface area contributed by atoms with E-state index in [2.05, 4.69) is 41.2 Å². The first kappa shape index (κ1) is 12.3. The summed E-state index contributed by atoms with van der Waals surface area (Å²) in [4.78, 5) is 9.07. The molecule has 3 rings (SSSR count). The smallest absolute Gasteiger partial charge is 0.131 e. The fraction of sp³-hybridized carbons (Fsp3) is 0.375. The minimum absolute atomic E-state index is 0.459. The van der Waals surface area contributed by atoms with Crippen molar-refractivity contribution in [3.05, 3.63) is 48.0 Å². The van der Waals surface area contributed by atoms with Crippen molar-refractivity contribution in [3.63, 3.8) is 0 Å². The lowest BCUT2D eigenvalue weighted by molar-refractivity contribution is 0.0836. The molecule has 3 nitrogen and oxygen atoms in total. The van der Waals surface area contributed by atoms with E-state index in [0.29, 0.717) is 5.92 Å². The SMILES string of the molecule is Cc1ccc(-c2cnc(C3CCOCC3)nc2)cc1. The van der Waals surface area contributed by atoms with Gasteiger partial charge in [0.1, 0.15) is 5.82 Å². The van der Waals surface area contributed by atoms with Crippen molar-refractivity contribution in [2.24, 2.45) is 0 Å². The Hall–Kier alpha value is -1.74. The van der Waals surface area contributed by atoms with Crippen LogP contribution in [0.5, 0.6) is 0 Å². The molecular formula is C16H18N2O. The molecule has 19 heavy (non-hydrogen) atoms. The monoisotopic (exact) mass is 254 g/mol. The highest BCUT2D eigenvalue weighted by molar-refractivity contribution is 5.61. The molecule has 2 aromatic rings. The molecule has 0 unspecified atom stereocenters. The van der Waals surface area contributed by atoms with Gasteiger partial charge in [0.25, 0.3) is 0 Å². The Balaban J connectivity index is 1.80. The van der Waals surface area contributed by atoms with Gasteiger partial charge in [0.05, 0.1) is 0 Å². The number of benzene rings is 1. The van der Waals surface area contributed by atoms with Crippen molar-refractivity contribution < 1.29 is 4.74 Å². The molecule has 2 heterocycles. The molecule has 1 aromatic carbocycles. The Morgan fingerprint density at radius 1 is 0.947 bits per heavy atom. The fourth-order valence-electron chi connectivity index (χ4n) is 2.40. The fourth-order valence-corrected chi connectivity index (χ4v) is 2.40. The maximum Gasteiger partial charge on any atom is 0.131 e. The van der Waals surface area contributed by atoms with E-state index in [-0.39, 0.29) is 0 Å². The molecule has 0 amide bonds. The van der Waals surface area contributed by atoms with Crippen molar-refractivity contribution in [1.82, 2.24) is 9.97 Å². The third-order valence-corrected chi connectivity index (χ3v) is 3.64. The first-order valence-corrected chi connectivity index (χ1v) is 6.79. The maximum absolute atomic E-state index is 5.37. The molecule has 3 heteroatoms. The molecule has 1 aliphatic heterocycles. The van der Waals surface area contributed by atoms with Crippen LogP contribution < -0.4 is 0 Å². The second-order valence-corrected chi connectivity index (χ2v) is 5.08. The summed E-state index contributed by atoms with van der Waals surface area (Å²) in [6.07, 6.45) is 5.93. The molecule has 0 saturated carbocycles. The zero-order valence-electron chi connectivity index (χ0n) is 11.2. The second-order valence-electron chi connectivity index (χ2n) is 5.08. The molecule has 0 radical (unpaired) electrons. The third kappa shape index (κ3) is 2.82. The first-order chi connectivity index (χ1) is 9.33. The summed E-state index contributed by atoms with van der Waals surface area (Å²) in [5.74, 6) is 1.42. The number of hydrogen-bond acceptors (Lipinski definition) is 3. The topological polar surface area (TPSA) is 35.0 Å². The summed E-state index contributed by atoms with van der Waals surface area (Å²) in [6.45, 7) is 3.75. The van der Waals surface area contributed by atoms with Crippen LogP contribution in [0.3, 0.4) is 0 Å². The Morgan fingerprint density at radius 2 is 1.58 bits per heavy atom. The van der Waals surface area contributed by atoms with E-state index < -0.39 is 0 Å². The van der Waals surface area contributed by atoms with Gasteiger partial charge in [-0.1, -0.05) is 29.8 Å². The van der Waals surface area contributed by atoms with E-state index in [1.165, 1.54) is 11.1 Å². The average molecular weight is 254 g/mol. The van der Waals surface area contributed by atoms with Gasteiger partial charge >= 0.3 is 0 Å². The van der Waals surface area contributed by atoms with Gasteiger partial charge in [-0.3, -0.25) is 0 Å². The van der Waals surface area contributed by atoms with Crippen molar-refractivity contribution >= 4 is 0 Å². The largest absolute Gasteiger partial charge is 0.381 e. The van der Waals surface area contributed by atoms with Crippen molar-refractivity contribution in [3.8, 4) is 11.1 Å². The van der Waals surface area contributed by atoms with E-state index in [1.54, 1.807) is 0 Å². The van der Waals surface area contributed by atoms with Gasteiger partial charge in [0.15, 0.2) is 0 Å². The minimum Gasteiger partial charge on any atom is -0.381 e. The van der Waals surface area contributed by atoms with Crippen LogP contribution in [0, 0.1) is 6.92 Å². The van der Waals surface area contributed by atoms with Crippen molar-refractivity contribution in [1.29, 1.82) is 0 Å². The van der Waals surface area contributed by atoms with Gasteiger partial charge in [-0.15, -0.1) is 0 Å². The predicted octanol–water partition coefficient (Wildman–Crippen LogP) is 3.35. The quantitative estimate of drug-likeness (QED) is 0.824. The Kier molecular flexibility index (Phi) is 3.56. The molecule has 1 saturated heterocycles. The number of ether oxygens (including phenoxy) is 1. The Morgan fingerprint density at radius 3 is 2.21 bits per heavy atom. The summed E-state index contributed by atoms with van der Waals surface area (Å²) in [5, 5.41) is 0. The molecule has 0 N–H and O–H groups in total. The lowest BCUT2D eigenvalue weighted by Gasteiger charge is -2.20. The van der Waals surface area contributed by atoms with E-state index in [0.717, 1.165) is 37.4 Å². The zero-order chi connectivity index (χ0) is 13.1. The third-order valence-electron chi connectivity index (χ3n) is 3.64. The van der Waals surface area contributed by atoms with Crippen LogP contribution in [0.1, 0.15) is 30.1 Å². The van der Waals surface area contributed by atoms with Crippen LogP contribution in [0.15, 0.2) is 36.7 Å². The van der Waals surface area contributed by atoms with E-state index in [9.17, 15) is 0 Å². The molecule has 1 aliphatic rings. The van der Waals surface area contributed by atoms with E-state index >= 15 is 0 Å². The highest BCUT2D eigenvalue weighted by Crippen LogP contribution is 2.25. The maximum atomic E-state index is 5.37. The van der Waals surface area contributed by atoms with Gasteiger partial charge in [-0.2, -0.15) is 0 Å². The van der Waals surface area contributed by atoms with Gasteiger partial charge in [-0.25, -0.2) is 9.97 Å². The summed E-state index contributed by atoms with van der Waals surface area (Å²) in [6, 6.07) is 8.45. The summed E-state index contributed by atoms with van der Waals surface area (Å²) >= 11 is 0. The standard InChI is InChI=1S/C16H18N2O/c1-12-2-4-13(5-3-12)15-10-17-16(18-11-15)14-6-8-19-9-7-14/h2-5,10-11,14H,6-9H2,1H3. The van der Waals surface area contributed by atoms with Crippen LogP contribution in [0.25, 0.3) is 11.1 Å². The number of rotatable bonds is 2. The summed E-state index contributed by atoms with van der Waals surface area (Å²) in [7, 11) is 0. The van der Waals surface area contributed by atoms with E-state index in [4.69, 9.17) is 4.74 Å². The Labute approximate surface area is 113 Å². The molecule has 0 aliphatic carbocycles. The molecule has 1 fully saturated rings. The normalized spacial score (nSPS) is 16.5. The zero-order valence-corrected chi connectivity index (χ0v) is 11.2. The molecule has 98 valence electrons. The molecule has 0 spiro atoms. The van der Waals surface area contributed by atoms with Crippen LogP contribution in [0.2, 0.25) is 0 Å². The summed E-state index contributed by atoms with van der Waals surface area (Å²) in [5.41, 5.74) is 3.52. The molecule has 1 aromatic heterocycles. The van der Waals surface area contributed by atoms with Crippen molar-refractivity contribution in [2.45, 2.75) is 25.7 Å². The Bertz CT molecular complexity index is 528. The van der Waals surface area contributed by atoms with Gasteiger partial charge in [-0.05, 0) is 25.3 Å². The average Bonchev–Trinajstić information content (AvgIpc) is 2.49. The van der Waals surface area contributed by atoms with Crippen LogP contribution in [-0.2, 0) is 4.74 Å². The minimum atomic E-state index is 0.459. The molecule has 0 atom stereocenters. The number of aryl methyl sites for hydroxylation is 1. The highest BCUT2D eigenvalue weighted by Gasteiger charge is 2.18. The number of aromatic nitrogens is 2.